The van der Waals surface area contributed by atoms with Crippen molar-refractivity contribution in [3.05, 3.63) is 78.1 Å². The average Bonchev–Trinajstić information content (AvgIpc) is 3.07. The third-order valence-electron chi connectivity index (χ3n) is 3.27. The number of hydrogen-bond acceptors (Lipinski definition) is 4. The number of nitrogens with two attached hydrogens (primary N) is 1. The molecule has 21 heavy (non-hydrogen) atoms. The molecule has 0 fully saturated rings. The van der Waals surface area contributed by atoms with E-state index in [2.05, 4.69) is 39.4 Å². The first-order chi connectivity index (χ1) is 10.3. The van der Waals surface area contributed by atoms with Crippen molar-refractivity contribution in [2.24, 2.45) is 5.73 Å². The van der Waals surface area contributed by atoms with Crippen LogP contribution in [0.3, 0.4) is 0 Å². The summed E-state index contributed by atoms with van der Waals surface area (Å²) in [6.45, 7) is 0. The van der Waals surface area contributed by atoms with Crippen molar-refractivity contribution in [1.82, 2.24) is 15.2 Å². The van der Waals surface area contributed by atoms with E-state index in [4.69, 9.17) is 5.73 Å². The second-order valence-corrected chi connectivity index (χ2v) is 5.81. The van der Waals surface area contributed by atoms with Gasteiger partial charge in [0.25, 0.3) is 0 Å². The van der Waals surface area contributed by atoms with Crippen LogP contribution in [0.4, 0.5) is 0 Å². The largest absolute Gasteiger partial charge is 0.323 e. The van der Waals surface area contributed by atoms with Crippen LogP contribution in [-0.2, 0) is 0 Å². The van der Waals surface area contributed by atoms with Gasteiger partial charge in [0.05, 0.1) is 5.25 Å². The number of nitrogens with one attached hydrogen (secondary N) is 1. The quantitative estimate of drug-likeness (QED) is 0.709. The SMILES string of the molecule is NC(c1ccccc1)C(Sc1ncn[nH]1)c1ccccc1. The summed E-state index contributed by atoms with van der Waals surface area (Å²) in [5, 5.41) is 7.64. The molecule has 4 nitrogen and oxygen atoms in total. The number of rotatable bonds is 5. The molecule has 0 amide bonds. The van der Waals surface area contributed by atoms with Crippen molar-refractivity contribution < 1.29 is 0 Å². The number of aromatic nitrogens is 3. The van der Waals surface area contributed by atoms with Gasteiger partial charge in [-0.3, -0.25) is 5.10 Å². The second kappa shape index (κ2) is 6.56. The molecule has 0 bridgehead atoms. The summed E-state index contributed by atoms with van der Waals surface area (Å²) in [5.41, 5.74) is 8.79. The van der Waals surface area contributed by atoms with Crippen LogP contribution in [0.2, 0.25) is 0 Å². The number of hydrogen-bond donors (Lipinski definition) is 2. The Morgan fingerprint density at radius 2 is 1.52 bits per heavy atom. The van der Waals surface area contributed by atoms with Gasteiger partial charge in [0.2, 0.25) is 0 Å². The summed E-state index contributed by atoms with van der Waals surface area (Å²) in [4.78, 5) is 4.20. The molecule has 0 aliphatic rings. The van der Waals surface area contributed by atoms with Gasteiger partial charge >= 0.3 is 0 Å². The minimum atomic E-state index is -0.122. The first-order valence-electron chi connectivity index (χ1n) is 6.72. The Hall–Kier alpha value is -2.11. The van der Waals surface area contributed by atoms with Crippen LogP contribution in [0.5, 0.6) is 0 Å². The number of thioether (sulfide) groups is 1. The van der Waals surface area contributed by atoms with Crippen molar-refractivity contribution >= 4 is 11.8 Å². The van der Waals surface area contributed by atoms with E-state index in [0.717, 1.165) is 10.7 Å². The average molecular weight is 296 g/mol. The first-order valence-corrected chi connectivity index (χ1v) is 7.60. The second-order valence-electron chi connectivity index (χ2n) is 4.68. The molecule has 2 atom stereocenters. The van der Waals surface area contributed by atoms with Gasteiger partial charge in [-0.1, -0.05) is 72.4 Å². The standard InChI is InChI=1S/C16H16N4S/c17-14(12-7-3-1-4-8-12)15(13-9-5-2-6-10-13)21-16-18-11-19-20-16/h1-11,14-15H,17H2,(H,18,19,20). The number of aromatic amines is 1. The van der Waals surface area contributed by atoms with Gasteiger partial charge in [-0.15, -0.1) is 0 Å². The lowest BCUT2D eigenvalue weighted by molar-refractivity contribution is 0.702. The van der Waals surface area contributed by atoms with Crippen molar-refractivity contribution in [1.29, 1.82) is 0 Å². The molecule has 0 aliphatic heterocycles. The van der Waals surface area contributed by atoms with E-state index < -0.39 is 0 Å². The van der Waals surface area contributed by atoms with Crippen LogP contribution in [0, 0.1) is 0 Å². The minimum Gasteiger partial charge on any atom is -0.323 e. The molecule has 3 aromatic rings. The highest BCUT2D eigenvalue weighted by Gasteiger charge is 2.23. The summed E-state index contributed by atoms with van der Waals surface area (Å²) >= 11 is 1.60. The van der Waals surface area contributed by atoms with Crippen LogP contribution in [0.25, 0.3) is 0 Å². The molecular weight excluding hydrogens is 280 g/mol. The van der Waals surface area contributed by atoms with E-state index in [1.807, 2.05) is 36.4 Å². The van der Waals surface area contributed by atoms with Gasteiger partial charge in [-0.2, -0.15) is 5.10 Å². The molecule has 0 saturated heterocycles. The highest BCUT2D eigenvalue weighted by molar-refractivity contribution is 7.99. The zero-order valence-electron chi connectivity index (χ0n) is 11.4. The van der Waals surface area contributed by atoms with Crippen molar-refractivity contribution in [2.45, 2.75) is 16.4 Å². The molecule has 2 aromatic carbocycles. The van der Waals surface area contributed by atoms with Crippen molar-refractivity contribution in [3.63, 3.8) is 0 Å². The zero-order chi connectivity index (χ0) is 14.5. The lowest BCUT2D eigenvalue weighted by Gasteiger charge is -2.23. The van der Waals surface area contributed by atoms with Gasteiger partial charge in [-0.25, -0.2) is 4.98 Å². The smallest absolute Gasteiger partial charge is 0.184 e. The summed E-state index contributed by atoms with van der Waals surface area (Å²) in [6.07, 6.45) is 1.51. The van der Waals surface area contributed by atoms with Gasteiger partial charge in [0.1, 0.15) is 6.33 Å². The Balaban J connectivity index is 1.92. The third-order valence-corrected chi connectivity index (χ3v) is 4.51. The Labute approximate surface area is 127 Å². The van der Waals surface area contributed by atoms with Gasteiger partial charge in [0, 0.05) is 6.04 Å². The van der Waals surface area contributed by atoms with Crippen LogP contribution in [-0.4, -0.2) is 15.2 Å². The molecule has 1 heterocycles. The zero-order valence-corrected chi connectivity index (χ0v) is 12.2. The Morgan fingerprint density at radius 3 is 2.10 bits per heavy atom. The molecule has 106 valence electrons. The van der Waals surface area contributed by atoms with Crippen LogP contribution >= 0.6 is 11.8 Å². The molecular formula is C16H16N4S. The van der Waals surface area contributed by atoms with Crippen molar-refractivity contribution in [2.75, 3.05) is 0 Å². The Morgan fingerprint density at radius 1 is 0.905 bits per heavy atom. The molecule has 2 unspecified atom stereocenters. The lowest BCUT2D eigenvalue weighted by Crippen LogP contribution is -2.17. The normalized spacial score (nSPS) is 13.8. The fourth-order valence-electron chi connectivity index (χ4n) is 2.21. The molecule has 0 radical (unpaired) electrons. The molecule has 0 aliphatic carbocycles. The number of benzene rings is 2. The molecule has 1 aromatic heterocycles. The Bertz CT molecular complexity index is 655. The first kappa shape index (κ1) is 13.9. The van der Waals surface area contributed by atoms with E-state index in [1.165, 1.54) is 11.9 Å². The van der Waals surface area contributed by atoms with E-state index in [1.54, 1.807) is 11.8 Å². The van der Waals surface area contributed by atoms with E-state index in [-0.39, 0.29) is 11.3 Å². The van der Waals surface area contributed by atoms with Crippen LogP contribution in [0.15, 0.2) is 72.1 Å². The van der Waals surface area contributed by atoms with E-state index in [0.29, 0.717) is 0 Å². The van der Waals surface area contributed by atoms with Crippen molar-refractivity contribution in [3.8, 4) is 0 Å². The maximum absolute atomic E-state index is 6.50. The summed E-state index contributed by atoms with van der Waals surface area (Å²) in [7, 11) is 0. The predicted molar refractivity (Wildman–Crippen MR) is 84.8 cm³/mol. The van der Waals surface area contributed by atoms with E-state index >= 15 is 0 Å². The fraction of sp³-hybridized carbons (Fsp3) is 0.125. The van der Waals surface area contributed by atoms with Gasteiger partial charge in [-0.05, 0) is 11.1 Å². The molecule has 3 N–H and O–H groups in total. The monoisotopic (exact) mass is 296 g/mol. The maximum Gasteiger partial charge on any atom is 0.184 e. The molecule has 5 heteroatoms. The molecule has 3 rings (SSSR count). The van der Waals surface area contributed by atoms with Gasteiger partial charge in [0.15, 0.2) is 5.16 Å². The summed E-state index contributed by atoms with van der Waals surface area (Å²) < 4.78 is 0. The predicted octanol–water partition coefficient (Wildman–Crippen LogP) is 3.34. The fourth-order valence-corrected chi connectivity index (χ4v) is 3.26. The molecule has 0 spiro atoms. The van der Waals surface area contributed by atoms with Crippen LogP contribution < -0.4 is 5.73 Å². The minimum absolute atomic E-state index is 0.0709. The van der Waals surface area contributed by atoms with Crippen LogP contribution in [0.1, 0.15) is 22.4 Å². The third kappa shape index (κ3) is 3.32. The lowest BCUT2D eigenvalue weighted by atomic mass is 9.99. The topological polar surface area (TPSA) is 67.6 Å². The Kier molecular flexibility index (Phi) is 4.33. The number of H-pyrrole nitrogens is 1. The molecule has 0 saturated carbocycles. The summed E-state index contributed by atoms with van der Waals surface area (Å²) in [5.74, 6) is 0. The van der Waals surface area contributed by atoms with Gasteiger partial charge < -0.3 is 5.73 Å². The highest BCUT2D eigenvalue weighted by Crippen LogP contribution is 2.41. The highest BCUT2D eigenvalue weighted by atomic mass is 32.2. The van der Waals surface area contributed by atoms with E-state index in [9.17, 15) is 0 Å². The maximum atomic E-state index is 6.50. The summed E-state index contributed by atoms with van der Waals surface area (Å²) in [6, 6.07) is 20.3. The number of nitrogens with zero attached hydrogens (tertiary/aromatic N) is 2.